The van der Waals surface area contributed by atoms with Crippen LogP contribution in [-0.4, -0.2) is 0 Å². The van der Waals surface area contributed by atoms with Gasteiger partial charge in [-0.1, -0.05) is 46.0 Å². The van der Waals surface area contributed by atoms with Crippen molar-refractivity contribution in [2.75, 3.05) is 0 Å². The van der Waals surface area contributed by atoms with Gasteiger partial charge in [0, 0.05) is 0 Å². The summed E-state index contributed by atoms with van der Waals surface area (Å²) in [4.78, 5) is 0. The van der Waals surface area contributed by atoms with Gasteiger partial charge in [-0.15, -0.1) is 0 Å². The van der Waals surface area contributed by atoms with E-state index >= 15 is 0 Å². The Morgan fingerprint density at radius 1 is 1.11 bits per heavy atom. The molecule has 54 valence electrons. The lowest BCUT2D eigenvalue weighted by Gasteiger charge is -2.24. The molecule has 0 unspecified atom stereocenters. The molecule has 0 bridgehead atoms. The lowest BCUT2D eigenvalue weighted by molar-refractivity contribution is 0.284. The van der Waals surface area contributed by atoms with Crippen LogP contribution in [0.15, 0.2) is 0 Å². The molecule has 0 radical (unpaired) electrons. The van der Waals surface area contributed by atoms with E-state index in [0.717, 1.165) is 11.8 Å². The van der Waals surface area contributed by atoms with Crippen LogP contribution in [0.25, 0.3) is 0 Å². The van der Waals surface area contributed by atoms with Crippen molar-refractivity contribution in [1.29, 1.82) is 0 Å². The molecule has 0 aromatic carbocycles. The summed E-state index contributed by atoms with van der Waals surface area (Å²) in [6, 6.07) is 0. The maximum atomic E-state index is 2.38. The molecule has 0 nitrogen and oxygen atoms in total. The molecule has 0 N–H and O–H groups in total. The van der Waals surface area contributed by atoms with Crippen LogP contribution in [0, 0.1) is 11.8 Å². The van der Waals surface area contributed by atoms with E-state index in [9.17, 15) is 0 Å². The van der Waals surface area contributed by atoms with Gasteiger partial charge in [0.05, 0.1) is 0 Å². The molecule has 9 heavy (non-hydrogen) atoms. The number of rotatable bonds is 1. The zero-order valence-electron chi connectivity index (χ0n) is 6.69. The van der Waals surface area contributed by atoms with Crippen molar-refractivity contribution in [2.45, 2.75) is 46.0 Å². The summed E-state index contributed by atoms with van der Waals surface area (Å²) in [5, 5.41) is 0. The quantitative estimate of drug-likeness (QED) is 0.506. The van der Waals surface area contributed by atoms with E-state index in [0.29, 0.717) is 0 Å². The lowest BCUT2D eigenvalue weighted by Crippen LogP contribution is -2.10. The normalized spacial score (nSPS) is 36.7. The monoisotopic (exact) mass is 126 g/mol. The Morgan fingerprint density at radius 3 is 2.11 bits per heavy atom. The Bertz CT molecular complexity index is 68.1. The van der Waals surface area contributed by atoms with Crippen LogP contribution in [-0.2, 0) is 0 Å². The van der Waals surface area contributed by atoms with E-state index in [2.05, 4.69) is 13.8 Å². The van der Waals surface area contributed by atoms with Crippen LogP contribution in [0.3, 0.4) is 0 Å². The Morgan fingerprint density at radius 2 is 1.67 bits per heavy atom. The van der Waals surface area contributed by atoms with Gasteiger partial charge in [0.2, 0.25) is 0 Å². The van der Waals surface area contributed by atoms with Gasteiger partial charge in [0.1, 0.15) is 0 Å². The molecule has 0 spiro atoms. The molecule has 0 saturated heterocycles. The van der Waals surface area contributed by atoms with E-state index in [1.54, 1.807) is 0 Å². The third-order valence-electron chi connectivity index (χ3n) is 2.71. The highest BCUT2D eigenvalue weighted by Gasteiger charge is 2.15. The van der Waals surface area contributed by atoms with Crippen molar-refractivity contribution in [3.05, 3.63) is 0 Å². The average molecular weight is 126 g/mol. The number of hydrogen-bond acceptors (Lipinski definition) is 0. The van der Waals surface area contributed by atoms with Crippen molar-refractivity contribution in [1.82, 2.24) is 0 Å². The van der Waals surface area contributed by atoms with E-state index in [1.165, 1.54) is 32.1 Å². The zero-order chi connectivity index (χ0) is 6.69. The third kappa shape index (κ3) is 2.00. The Kier molecular flexibility index (Phi) is 2.56. The van der Waals surface area contributed by atoms with Crippen LogP contribution >= 0.6 is 0 Å². The van der Waals surface area contributed by atoms with Crippen LogP contribution in [0.4, 0.5) is 0 Å². The third-order valence-corrected chi connectivity index (χ3v) is 2.71. The van der Waals surface area contributed by atoms with Gasteiger partial charge in [0.25, 0.3) is 0 Å². The Balaban J connectivity index is 2.18. The summed E-state index contributed by atoms with van der Waals surface area (Å²) >= 11 is 0. The molecule has 0 aromatic heterocycles. The minimum absolute atomic E-state index is 1.02. The predicted molar refractivity (Wildman–Crippen MR) is 41.4 cm³/mol. The van der Waals surface area contributed by atoms with E-state index in [4.69, 9.17) is 0 Å². The summed E-state index contributed by atoms with van der Waals surface area (Å²) in [7, 11) is 0. The van der Waals surface area contributed by atoms with Gasteiger partial charge in [-0.25, -0.2) is 0 Å². The predicted octanol–water partition coefficient (Wildman–Crippen LogP) is 3.22. The SMILES string of the molecule is CCC1CCC(C)CC1. The lowest BCUT2D eigenvalue weighted by atomic mass is 9.82. The first-order chi connectivity index (χ1) is 4.33. The molecule has 1 fully saturated rings. The zero-order valence-corrected chi connectivity index (χ0v) is 6.69. The van der Waals surface area contributed by atoms with Crippen molar-refractivity contribution in [3.8, 4) is 0 Å². The second-order valence-electron chi connectivity index (χ2n) is 3.53. The fraction of sp³-hybridized carbons (Fsp3) is 1.00. The van der Waals surface area contributed by atoms with Crippen LogP contribution in [0.2, 0.25) is 0 Å². The molecule has 1 saturated carbocycles. The topological polar surface area (TPSA) is 0 Å². The first kappa shape index (κ1) is 7.11. The molecule has 0 atom stereocenters. The minimum atomic E-state index is 1.02. The molecule has 1 rings (SSSR count). The molecule has 0 heteroatoms. The van der Waals surface area contributed by atoms with Crippen LogP contribution in [0.5, 0.6) is 0 Å². The second-order valence-corrected chi connectivity index (χ2v) is 3.53. The van der Waals surface area contributed by atoms with Crippen molar-refractivity contribution < 1.29 is 0 Å². The fourth-order valence-electron chi connectivity index (χ4n) is 1.74. The summed E-state index contributed by atoms with van der Waals surface area (Å²) < 4.78 is 0. The van der Waals surface area contributed by atoms with Crippen molar-refractivity contribution >= 4 is 0 Å². The highest BCUT2D eigenvalue weighted by atomic mass is 14.2. The fourth-order valence-corrected chi connectivity index (χ4v) is 1.74. The molecule has 1 aliphatic carbocycles. The van der Waals surface area contributed by atoms with E-state index in [1.807, 2.05) is 0 Å². The first-order valence-electron chi connectivity index (χ1n) is 4.33. The molecule has 0 aliphatic heterocycles. The largest absolute Gasteiger partial charge is 0.0651 e. The standard InChI is InChI=1S/C9H18/c1-3-9-6-4-8(2)5-7-9/h8-9H,3-7H2,1-2H3. The highest BCUT2D eigenvalue weighted by Crippen LogP contribution is 2.29. The summed E-state index contributed by atoms with van der Waals surface area (Å²) in [5.74, 6) is 2.09. The number of hydrogen-bond donors (Lipinski definition) is 0. The van der Waals surface area contributed by atoms with Gasteiger partial charge in [0.15, 0.2) is 0 Å². The Labute approximate surface area is 58.7 Å². The Hall–Kier alpha value is 0. The van der Waals surface area contributed by atoms with Crippen LogP contribution < -0.4 is 0 Å². The molecule has 1 aliphatic rings. The summed E-state index contributed by atoms with van der Waals surface area (Å²) in [6.07, 6.45) is 7.37. The molecule has 0 heterocycles. The van der Waals surface area contributed by atoms with Gasteiger partial charge in [-0.05, 0) is 11.8 Å². The second kappa shape index (κ2) is 3.24. The minimum Gasteiger partial charge on any atom is -0.0651 e. The summed E-state index contributed by atoms with van der Waals surface area (Å²) in [5.41, 5.74) is 0. The summed E-state index contributed by atoms with van der Waals surface area (Å²) in [6.45, 7) is 4.70. The molecular formula is C9H18. The van der Waals surface area contributed by atoms with Gasteiger partial charge < -0.3 is 0 Å². The first-order valence-corrected chi connectivity index (χ1v) is 4.33. The smallest absolute Gasteiger partial charge is 0.0417 e. The van der Waals surface area contributed by atoms with Crippen LogP contribution in [0.1, 0.15) is 46.0 Å². The maximum Gasteiger partial charge on any atom is -0.0417 e. The average Bonchev–Trinajstić information content (AvgIpc) is 1.90. The van der Waals surface area contributed by atoms with E-state index < -0.39 is 0 Å². The van der Waals surface area contributed by atoms with Crippen molar-refractivity contribution in [3.63, 3.8) is 0 Å². The van der Waals surface area contributed by atoms with Crippen molar-refractivity contribution in [2.24, 2.45) is 11.8 Å². The van der Waals surface area contributed by atoms with Gasteiger partial charge in [-0.2, -0.15) is 0 Å². The maximum absolute atomic E-state index is 2.38. The van der Waals surface area contributed by atoms with Gasteiger partial charge in [-0.3, -0.25) is 0 Å². The van der Waals surface area contributed by atoms with Gasteiger partial charge >= 0.3 is 0 Å². The van der Waals surface area contributed by atoms with E-state index in [-0.39, 0.29) is 0 Å². The molecule has 0 amide bonds. The molecular weight excluding hydrogens is 108 g/mol. The molecule has 0 aromatic rings. The highest BCUT2D eigenvalue weighted by molar-refractivity contribution is 4.68.